The van der Waals surface area contributed by atoms with Crippen molar-refractivity contribution in [3.05, 3.63) is 141 Å². The number of allylic oxidation sites excluding steroid dienone is 3. The molecule has 0 amide bonds. The summed E-state index contributed by atoms with van der Waals surface area (Å²) >= 11 is 0. The molecule has 1 saturated carbocycles. The Labute approximate surface area is 439 Å². The number of carboxylic acids is 1. The van der Waals surface area contributed by atoms with Gasteiger partial charge in [0.25, 0.3) is 0 Å². The summed E-state index contributed by atoms with van der Waals surface area (Å²) in [4.78, 5) is 30.7. The number of aromatic nitrogens is 1. The van der Waals surface area contributed by atoms with E-state index in [0.29, 0.717) is 66.3 Å². The maximum Gasteiger partial charge on any atom is 0.336 e. The molecule has 22 heteroatoms. The van der Waals surface area contributed by atoms with Crippen molar-refractivity contribution < 1.29 is 74.1 Å². The molecular weight excluding hydrogens is 1000 g/mol. The number of nitrogens with two attached hydrogens (primary N) is 2. The SMILES string of the molecule is CCc1cc(O)cc([C@H](O)Oc2c(O[C@@H]3O[C@H](C(=O)O)[C@]4(O)[C@@H]([C@@H]5CNCN5)C([C@@]56CCC[C@@H]5C=CC5=C6C=C(N)NC5)=C[C@@]3(O)[C@@H]4O)cc3oc(-c4ccc(O[C@H](CO)[C@H](O)c5ccc(N)[nH]5)cc4)cc(=O)c3c2O)c1. The van der Waals surface area contributed by atoms with Gasteiger partial charge in [0.05, 0.1) is 12.4 Å². The number of dihydropyridines is 1. The van der Waals surface area contributed by atoms with E-state index in [1.807, 2.05) is 19.1 Å². The summed E-state index contributed by atoms with van der Waals surface area (Å²) in [5.41, 5.74) is 7.92. The standard InChI is InChI=1S/C55H60N6O16/c1-2-25-14-28(16-30(63)15-25)50(69)76-47-39(19-38-43(46(47)66)36(64)18-37(74-38)26-6-9-31(10-7-26)73-40(23-62)45(65)34-11-12-41(56)61-34)75-52-54(71)20-33(53-13-3-4-29(53)8-5-27-21-59-42(57)17-32(27)53)44(35-22-58-24-60-35)55(72,51(54)70)48(77-52)49(67)68/h5-12,14-20,29,35,40,44-45,48,50-52,58-63,65-66,69-72H,2-4,13,21-24,56-57H2,1H3,(H,67,68)/t29-,35+,40-,44-,45-,48-,50-,51+,52-,53+,54-,55-/m1/s1. The van der Waals surface area contributed by atoms with E-state index in [4.69, 9.17) is 34.8 Å². The summed E-state index contributed by atoms with van der Waals surface area (Å²) < 4.78 is 30.8. The lowest BCUT2D eigenvalue weighted by atomic mass is 9.51. The molecule has 2 saturated heterocycles. The molecule has 406 valence electrons. The number of fused-ring (bicyclic) bond motifs is 5. The molecule has 5 heterocycles. The molecule has 77 heavy (non-hydrogen) atoms. The van der Waals surface area contributed by atoms with Crippen molar-refractivity contribution in [1.82, 2.24) is 20.9 Å². The molecule has 12 atom stereocenters. The summed E-state index contributed by atoms with van der Waals surface area (Å²) in [7, 11) is 0. The second-order valence-corrected chi connectivity index (χ2v) is 20.6. The lowest BCUT2D eigenvalue weighted by Crippen LogP contribution is -2.80. The minimum Gasteiger partial charge on any atom is -0.508 e. The summed E-state index contributed by atoms with van der Waals surface area (Å²) in [5, 5.41) is 115. The Bertz CT molecular complexity index is 3330. The van der Waals surface area contributed by atoms with Crippen LogP contribution in [0.15, 0.2) is 123 Å². The van der Waals surface area contributed by atoms with Gasteiger partial charge in [-0.15, -0.1) is 0 Å². The number of carbonyl (C=O) groups is 1. The van der Waals surface area contributed by atoms with Crippen LogP contribution in [-0.2, 0) is 16.0 Å². The lowest BCUT2D eigenvalue weighted by Gasteiger charge is -2.61. The second-order valence-electron chi connectivity index (χ2n) is 20.6. The van der Waals surface area contributed by atoms with Crippen LogP contribution in [0.1, 0.15) is 55.4 Å². The molecule has 2 aromatic heterocycles. The average molecular weight is 1060 g/mol. The fourth-order valence-corrected chi connectivity index (χ4v) is 12.5. The molecular formula is C55H60N6O16. The number of aliphatic hydroxyl groups excluding tert-OH is 4. The van der Waals surface area contributed by atoms with Gasteiger partial charge >= 0.3 is 5.97 Å². The van der Waals surface area contributed by atoms with Crippen LogP contribution < -0.4 is 47.1 Å². The number of aliphatic carboxylic acids is 1. The molecule has 2 bridgehead atoms. The summed E-state index contributed by atoms with van der Waals surface area (Å²) in [6.45, 7) is 2.15. The third kappa shape index (κ3) is 8.56. The highest BCUT2D eigenvalue weighted by atomic mass is 16.7. The predicted molar refractivity (Wildman–Crippen MR) is 275 cm³/mol. The minimum absolute atomic E-state index is 0.0176. The first-order valence-electron chi connectivity index (χ1n) is 25.4. The number of carboxylic acid groups (broad SMARTS) is 1. The van der Waals surface area contributed by atoms with Crippen LogP contribution in [0.2, 0.25) is 0 Å². The van der Waals surface area contributed by atoms with Gasteiger partial charge in [-0.05, 0) is 109 Å². The average Bonchev–Trinajstić information content (AvgIpc) is 4.39. The van der Waals surface area contributed by atoms with Crippen molar-refractivity contribution in [1.29, 1.82) is 0 Å². The van der Waals surface area contributed by atoms with Gasteiger partial charge in [-0.2, -0.15) is 0 Å². The number of hydrogen-bond donors (Lipinski definition) is 15. The molecule has 11 rings (SSSR count). The van der Waals surface area contributed by atoms with Gasteiger partial charge in [-0.25, -0.2) is 4.79 Å². The van der Waals surface area contributed by atoms with Gasteiger partial charge in [0.1, 0.15) is 51.9 Å². The largest absolute Gasteiger partial charge is 0.508 e. The summed E-state index contributed by atoms with van der Waals surface area (Å²) in [5.74, 6) is -4.73. The fraction of sp³-hybridized carbons (Fsp3) is 0.382. The number of hydrogen-bond acceptors (Lipinski definition) is 20. The Morgan fingerprint density at radius 2 is 1.81 bits per heavy atom. The van der Waals surface area contributed by atoms with E-state index in [1.165, 1.54) is 48.5 Å². The highest BCUT2D eigenvalue weighted by Gasteiger charge is 2.74. The molecule has 22 nitrogen and oxygen atoms in total. The first-order valence-corrected chi connectivity index (χ1v) is 25.4. The summed E-state index contributed by atoms with van der Waals surface area (Å²) in [6.07, 6.45) is -1.60. The molecule has 17 N–H and O–H groups in total. The van der Waals surface area contributed by atoms with Crippen LogP contribution >= 0.6 is 0 Å². The number of nitrogens with one attached hydrogen (secondary N) is 4. The van der Waals surface area contributed by atoms with Crippen LogP contribution in [0.25, 0.3) is 22.3 Å². The topological polar surface area (TPSA) is 370 Å². The van der Waals surface area contributed by atoms with E-state index in [2.05, 4.69) is 27.0 Å². The molecule has 0 radical (unpaired) electrons. The zero-order valence-electron chi connectivity index (χ0n) is 41.6. The maximum absolute atomic E-state index is 14.2. The number of aromatic amines is 1. The zero-order chi connectivity index (χ0) is 54.3. The number of nitrogen functional groups attached to an aromatic ring is 1. The number of aromatic hydroxyl groups is 2. The molecule has 3 aliphatic carbocycles. The number of benzene rings is 3. The molecule has 0 unspecified atom stereocenters. The van der Waals surface area contributed by atoms with Crippen molar-refractivity contribution in [2.75, 3.05) is 32.1 Å². The summed E-state index contributed by atoms with van der Waals surface area (Å²) in [6, 6.07) is 14.9. The lowest BCUT2D eigenvalue weighted by molar-refractivity contribution is -0.345. The van der Waals surface area contributed by atoms with E-state index in [0.717, 1.165) is 23.3 Å². The Kier molecular flexibility index (Phi) is 13.1. The van der Waals surface area contributed by atoms with Gasteiger partial charge in [0, 0.05) is 66.1 Å². The van der Waals surface area contributed by atoms with Crippen molar-refractivity contribution in [3.8, 4) is 40.1 Å². The Morgan fingerprint density at radius 3 is 2.51 bits per heavy atom. The van der Waals surface area contributed by atoms with Crippen molar-refractivity contribution in [2.24, 2.45) is 23.0 Å². The Morgan fingerprint density at radius 1 is 1.01 bits per heavy atom. The molecule has 5 aromatic rings. The monoisotopic (exact) mass is 1060 g/mol. The van der Waals surface area contributed by atoms with Gasteiger partial charge in [-0.1, -0.05) is 31.1 Å². The van der Waals surface area contributed by atoms with Gasteiger partial charge in [0.2, 0.25) is 18.3 Å². The number of aryl methyl sites for hydroxylation is 1. The first-order chi connectivity index (χ1) is 36.9. The predicted octanol–water partition coefficient (Wildman–Crippen LogP) is 2.03. The third-order valence-corrected chi connectivity index (χ3v) is 16.1. The fourth-order valence-electron chi connectivity index (χ4n) is 12.5. The van der Waals surface area contributed by atoms with E-state index in [-0.39, 0.29) is 47.5 Å². The van der Waals surface area contributed by atoms with Gasteiger partial charge in [0.15, 0.2) is 34.7 Å². The Balaban J connectivity index is 1.04. The van der Waals surface area contributed by atoms with Crippen LogP contribution in [0, 0.1) is 17.3 Å². The molecule has 6 aliphatic rings. The van der Waals surface area contributed by atoms with Crippen molar-refractivity contribution in [3.63, 3.8) is 0 Å². The third-order valence-electron chi connectivity index (χ3n) is 16.1. The number of phenolic OH excluding ortho intramolecular Hbond substituents is 2. The first kappa shape index (κ1) is 51.7. The number of rotatable bonds is 15. The number of aliphatic hydroxyl groups is 6. The number of anilines is 1. The van der Waals surface area contributed by atoms with E-state index < -0.39 is 106 Å². The van der Waals surface area contributed by atoms with Gasteiger partial charge in [-0.3, -0.25) is 10.1 Å². The molecule has 0 spiro atoms. The second kappa shape index (κ2) is 19.6. The van der Waals surface area contributed by atoms with Crippen LogP contribution in [0.5, 0.6) is 28.7 Å². The quantitative estimate of drug-likeness (QED) is 0.0527. The van der Waals surface area contributed by atoms with Crippen LogP contribution in [0.4, 0.5) is 5.82 Å². The van der Waals surface area contributed by atoms with E-state index in [1.54, 1.807) is 12.1 Å². The highest BCUT2D eigenvalue weighted by molar-refractivity contribution is 5.90. The molecule has 3 fully saturated rings. The van der Waals surface area contributed by atoms with E-state index >= 15 is 0 Å². The van der Waals surface area contributed by atoms with Crippen molar-refractivity contribution in [2.45, 2.75) is 86.8 Å². The Hall–Kier alpha value is -7.38. The van der Waals surface area contributed by atoms with Gasteiger partial charge < -0.3 is 96.4 Å². The van der Waals surface area contributed by atoms with Crippen molar-refractivity contribution >= 4 is 22.8 Å². The minimum atomic E-state index is -2.79. The smallest absolute Gasteiger partial charge is 0.336 e. The van der Waals surface area contributed by atoms with E-state index in [9.17, 15) is 55.5 Å². The molecule has 3 aliphatic heterocycles. The molecule has 3 aromatic carbocycles. The number of phenols is 2. The maximum atomic E-state index is 14.2. The highest BCUT2D eigenvalue weighted by Crippen LogP contribution is 2.64. The number of ether oxygens (including phenoxy) is 4. The zero-order valence-corrected chi connectivity index (χ0v) is 41.6. The van der Waals surface area contributed by atoms with Crippen LogP contribution in [-0.4, -0.2) is 125 Å². The normalized spacial score (nSPS) is 29.6. The van der Waals surface area contributed by atoms with Crippen LogP contribution in [0.3, 0.4) is 0 Å². The number of H-pyrrole nitrogens is 1.